The molecule has 2 aromatic carbocycles. The maximum Gasteiger partial charge on any atom is 0.404 e. The molecule has 1 heterocycles. The number of aliphatic hydroxyl groups excluding tert-OH is 1. The van der Waals surface area contributed by atoms with Crippen LogP contribution in [0.2, 0.25) is 0 Å². The van der Waals surface area contributed by atoms with E-state index in [2.05, 4.69) is 17.2 Å². The normalized spacial score (nSPS) is 10.0. The summed E-state index contributed by atoms with van der Waals surface area (Å²) < 4.78 is 7.75. The highest BCUT2D eigenvalue weighted by molar-refractivity contribution is 5.65. The molecule has 0 aliphatic carbocycles. The molecule has 7 nitrogen and oxygen atoms in total. The molecule has 28 heavy (non-hydrogen) atoms. The molecule has 148 valence electrons. The van der Waals surface area contributed by atoms with Gasteiger partial charge in [0.1, 0.15) is 6.61 Å². The van der Waals surface area contributed by atoms with Crippen LogP contribution in [0.5, 0.6) is 5.88 Å². The van der Waals surface area contributed by atoms with Gasteiger partial charge in [0.25, 0.3) is 0 Å². The molecule has 3 rings (SSSR count). The SMILES string of the molecule is CNC(=O)O.Cc1c(OCc2ccccc2CO)nn(C)c1-c1ccccc1. The van der Waals surface area contributed by atoms with Crippen molar-refractivity contribution >= 4 is 6.09 Å². The van der Waals surface area contributed by atoms with Gasteiger partial charge in [0.2, 0.25) is 5.88 Å². The number of nitrogens with one attached hydrogen (secondary N) is 1. The first-order chi connectivity index (χ1) is 13.5. The van der Waals surface area contributed by atoms with Crippen molar-refractivity contribution in [3.63, 3.8) is 0 Å². The fourth-order valence-electron chi connectivity index (χ4n) is 2.74. The molecule has 0 saturated carbocycles. The van der Waals surface area contributed by atoms with Crippen LogP contribution in [0.1, 0.15) is 16.7 Å². The van der Waals surface area contributed by atoms with Crippen molar-refractivity contribution < 1.29 is 19.7 Å². The van der Waals surface area contributed by atoms with Gasteiger partial charge in [-0.3, -0.25) is 4.68 Å². The van der Waals surface area contributed by atoms with Crippen molar-refractivity contribution in [3.8, 4) is 17.1 Å². The maximum atomic E-state index is 9.39. The number of rotatable bonds is 5. The van der Waals surface area contributed by atoms with Crippen LogP contribution in [0.3, 0.4) is 0 Å². The highest BCUT2D eigenvalue weighted by atomic mass is 16.5. The largest absolute Gasteiger partial charge is 0.472 e. The molecule has 0 saturated heterocycles. The van der Waals surface area contributed by atoms with Crippen molar-refractivity contribution in [2.45, 2.75) is 20.1 Å². The molecular weight excluding hydrogens is 358 g/mol. The van der Waals surface area contributed by atoms with Crippen LogP contribution in [0.15, 0.2) is 54.6 Å². The highest BCUT2D eigenvalue weighted by Crippen LogP contribution is 2.29. The van der Waals surface area contributed by atoms with E-state index in [0.717, 1.165) is 27.9 Å². The lowest BCUT2D eigenvalue weighted by molar-refractivity contribution is 0.197. The second-order valence-corrected chi connectivity index (χ2v) is 6.04. The van der Waals surface area contributed by atoms with Crippen LogP contribution < -0.4 is 10.1 Å². The van der Waals surface area contributed by atoms with Gasteiger partial charge in [-0.2, -0.15) is 0 Å². The number of aromatic nitrogens is 2. The van der Waals surface area contributed by atoms with Crippen molar-refractivity contribution in [3.05, 3.63) is 71.3 Å². The van der Waals surface area contributed by atoms with E-state index < -0.39 is 6.09 Å². The molecule has 1 amide bonds. The lowest BCUT2D eigenvalue weighted by atomic mass is 10.1. The molecule has 3 aromatic rings. The number of hydrogen-bond donors (Lipinski definition) is 3. The fourth-order valence-corrected chi connectivity index (χ4v) is 2.74. The summed E-state index contributed by atoms with van der Waals surface area (Å²) in [6.45, 7) is 2.42. The Morgan fingerprint density at radius 1 is 1.11 bits per heavy atom. The van der Waals surface area contributed by atoms with E-state index in [1.54, 1.807) is 0 Å². The molecule has 0 fully saturated rings. The minimum atomic E-state index is -0.995. The summed E-state index contributed by atoms with van der Waals surface area (Å²) in [5.41, 5.74) is 5.03. The number of amides is 1. The number of ether oxygens (including phenoxy) is 1. The van der Waals surface area contributed by atoms with Crippen LogP contribution in [-0.2, 0) is 20.3 Å². The van der Waals surface area contributed by atoms with Crippen LogP contribution in [0.25, 0.3) is 11.3 Å². The Labute approximate surface area is 164 Å². The molecule has 0 aliphatic heterocycles. The zero-order valence-electron chi connectivity index (χ0n) is 16.2. The van der Waals surface area contributed by atoms with E-state index in [-0.39, 0.29) is 6.61 Å². The first-order valence-corrected chi connectivity index (χ1v) is 8.78. The molecule has 0 aliphatic rings. The van der Waals surface area contributed by atoms with E-state index in [9.17, 15) is 9.90 Å². The average Bonchev–Trinajstić information content (AvgIpc) is 3.00. The van der Waals surface area contributed by atoms with Gasteiger partial charge in [-0.05, 0) is 18.1 Å². The molecular formula is C21H25N3O4. The van der Waals surface area contributed by atoms with Crippen molar-refractivity contribution in [2.75, 3.05) is 7.05 Å². The Bertz CT molecular complexity index is 907. The summed E-state index contributed by atoms with van der Waals surface area (Å²) >= 11 is 0. The second-order valence-electron chi connectivity index (χ2n) is 6.04. The fraction of sp³-hybridized carbons (Fsp3) is 0.238. The third kappa shape index (κ3) is 5.34. The van der Waals surface area contributed by atoms with Gasteiger partial charge < -0.3 is 20.3 Å². The predicted molar refractivity (Wildman–Crippen MR) is 107 cm³/mol. The molecule has 0 bridgehead atoms. The molecule has 0 unspecified atom stereocenters. The number of nitrogens with zero attached hydrogens (tertiary/aromatic N) is 2. The minimum Gasteiger partial charge on any atom is -0.472 e. The topological polar surface area (TPSA) is 96.6 Å². The van der Waals surface area contributed by atoms with Gasteiger partial charge in [0.15, 0.2) is 0 Å². The molecule has 7 heteroatoms. The summed E-state index contributed by atoms with van der Waals surface area (Å²) in [4.78, 5) is 9.26. The van der Waals surface area contributed by atoms with Crippen LogP contribution >= 0.6 is 0 Å². The van der Waals surface area contributed by atoms with Gasteiger partial charge >= 0.3 is 6.09 Å². The quantitative estimate of drug-likeness (QED) is 0.628. The summed E-state index contributed by atoms with van der Waals surface area (Å²) in [6, 6.07) is 17.9. The van der Waals surface area contributed by atoms with Gasteiger partial charge in [0, 0.05) is 25.2 Å². The van der Waals surface area contributed by atoms with Crippen molar-refractivity contribution in [1.82, 2.24) is 15.1 Å². The molecule has 0 atom stereocenters. The number of aryl methyl sites for hydroxylation is 1. The standard InChI is InChI=1S/C19H20N2O2.C2H5NO2/c1-14-18(15-8-4-3-5-9-15)21(2)20-19(14)23-13-17-11-7-6-10-16(17)12-22;1-3-2(4)5/h3-11,22H,12-13H2,1-2H3;3H,1H3,(H,4,5). The number of benzene rings is 2. The monoisotopic (exact) mass is 383 g/mol. The van der Waals surface area contributed by atoms with Crippen LogP contribution in [0, 0.1) is 6.92 Å². The Balaban J connectivity index is 0.000000500. The summed E-state index contributed by atoms with van der Waals surface area (Å²) in [5, 5.41) is 23.4. The summed E-state index contributed by atoms with van der Waals surface area (Å²) in [6.07, 6.45) is -0.995. The predicted octanol–water partition coefficient (Wildman–Crippen LogP) is 3.35. The maximum absolute atomic E-state index is 9.39. The third-order valence-electron chi connectivity index (χ3n) is 4.15. The van der Waals surface area contributed by atoms with Crippen molar-refractivity contribution in [1.29, 1.82) is 0 Å². The Morgan fingerprint density at radius 2 is 1.68 bits per heavy atom. The highest BCUT2D eigenvalue weighted by Gasteiger charge is 2.15. The second kappa shape index (κ2) is 10.1. The molecule has 0 radical (unpaired) electrons. The Morgan fingerprint density at radius 3 is 2.25 bits per heavy atom. The first kappa shape index (κ1) is 21.0. The van der Waals surface area contributed by atoms with E-state index in [0.29, 0.717) is 12.5 Å². The van der Waals surface area contributed by atoms with E-state index in [1.807, 2.05) is 66.4 Å². The summed E-state index contributed by atoms with van der Waals surface area (Å²) in [7, 11) is 3.27. The van der Waals surface area contributed by atoms with Crippen molar-refractivity contribution in [2.24, 2.45) is 7.05 Å². The smallest absolute Gasteiger partial charge is 0.404 e. The summed E-state index contributed by atoms with van der Waals surface area (Å²) in [5.74, 6) is 0.624. The third-order valence-corrected chi connectivity index (χ3v) is 4.15. The lowest BCUT2D eigenvalue weighted by Gasteiger charge is -2.08. The number of carbonyl (C=O) groups is 1. The minimum absolute atomic E-state index is 0.00992. The zero-order chi connectivity index (χ0) is 20.5. The van der Waals surface area contributed by atoms with Gasteiger partial charge in [-0.1, -0.05) is 54.6 Å². The Hall–Kier alpha value is -3.32. The average molecular weight is 383 g/mol. The van der Waals surface area contributed by atoms with Crippen LogP contribution in [-0.4, -0.2) is 33.1 Å². The van der Waals surface area contributed by atoms with E-state index in [4.69, 9.17) is 9.84 Å². The van der Waals surface area contributed by atoms with Crippen LogP contribution in [0.4, 0.5) is 4.79 Å². The Kier molecular flexibility index (Phi) is 7.59. The van der Waals surface area contributed by atoms with E-state index >= 15 is 0 Å². The number of hydrogen-bond acceptors (Lipinski definition) is 4. The van der Waals surface area contributed by atoms with Gasteiger partial charge in [-0.15, -0.1) is 5.10 Å². The van der Waals surface area contributed by atoms with Gasteiger partial charge in [0.05, 0.1) is 12.3 Å². The molecule has 0 spiro atoms. The molecule has 1 aromatic heterocycles. The number of aliphatic hydroxyl groups is 1. The van der Waals surface area contributed by atoms with Gasteiger partial charge in [-0.25, -0.2) is 4.79 Å². The number of carboxylic acid groups (broad SMARTS) is 1. The lowest BCUT2D eigenvalue weighted by Crippen LogP contribution is -2.13. The first-order valence-electron chi connectivity index (χ1n) is 8.78. The molecule has 3 N–H and O–H groups in total. The van der Waals surface area contributed by atoms with E-state index in [1.165, 1.54) is 7.05 Å². The zero-order valence-corrected chi connectivity index (χ0v) is 16.2.